The normalized spacial score (nSPS) is 19.1. The highest BCUT2D eigenvalue weighted by molar-refractivity contribution is 5.91. The first kappa shape index (κ1) is 19.2. The summed E-state index contributed by atoms with van der Waals surface area (Å²) in [5.74, 6) is 2.11. The van der Waals surface area contributed by atoms with Gasteiger partial charge in [0.15, 0.2) is 0 Å². The first-order valence-electron chi connectivity index (χ1n) is 9.99. The number of hydrogen-bond acceptors (Lipinski definition) is 7. The van der Waals surface area contributed by atoms with Crippen LogP contribution in [0.1, 0.15) is 36.2 Å². The summed E-state index contributed by atoms with van der Waals surface area (Å²) in [6, 6.07) is 9.98. The van der Waals surface area contributed by atoms with Crippen LogP contribution >= 0.6 is 0 Å². The molecule has 1 saturated carbocycles. The summed E-state index contributed by atoms with van der Waals surface area (Å²) in [6.07, 6.45) is 5.61. The molecule has 152 valence electrons. The number of carbonyl (C=O) groups is 1. The summed E-state index contributed by atoms with van der Waals surface area (Å²) in [7, 11) is 3.99. The smallest absolute Gasteiger partial charge is 0.289 e. The molecule has 1 aromatic carbocycles. The third kappa shape index (κ3) is 4.47. The third-order valence-electron chi connectivity index (χ3n) is 5.40. The molecule has 29 heavy (non-hydrogen) atoms. The zero-order valence-electron chi connectivity index (χ0n) is 16.8. The van der Waals surface area contributed by atoms with Crippen LogP contribution in [0.2, 0.25) is 0 Å². The Morgan fingerprint density at radius 2 is 1.93 bits per heavy atom. The van der Waals surface area contributed by atoms with Crippen molar-refractivity contribution in [2.75, 3.05) is 30.9 Å². The molecule has 1 amide bonds. The highest BCUT2D eigenvalue weighted by atomic mass is 16.5. The molecule has 8 heteroatoms. The molecular weight excluding hydrogens is 368 g/mol. The number of anilines is 2. The molecule has 1 fully saturated rings. The van der Waals surface area contributed by atoms with Crippen molar-refractivity contribution in [2.45, 2.75) is 31.7 Å². The summed E-state index contributed by atoms with van der Waals surface area (Å²) < 4.78 is 4.89. The van der Waals surface area contributed by atoms with Crippen molar-refractivity contribution < 1.29 is 9.32 Å². The van der Waals surface area contributed by atoms with Crippen LogP contribution in [0, 0.1) is 5.92 Å². The van der Waals surface area contributed by atoms with Gasteiger partial charge >= 0.3 is 0 Å². The summed E-state index contributed by atoms with van der Waals surface area (Å²) in [5.41, 5.74) is 0.942. The molecule has 1 aliphatic carbocycles. The molecule has 0 radical (unpaired) electrons. The highest BCUT2D eigenvalue weighted by Gasteiger charge is 2.23. The summed E-state index contributed by atoms with van der Waals surface area (Å²) in [4.78, 5) is 23.4. The van der Waals surface area contributed by atoms with E-state index in [1.807, 2.05) is 43.3 Å². The fraction of sp³-hybridized carbons (Fsp3) is 0.429. The highest BCUT2D eigenvalue weighted by Crippen LogP contribution is 2.28. The van der Waals surface area contributed by atoms with E-state index in [1.54, 1.807) is 6.07 Å². The number of nitrogens with one attached hydrogen (secondary N) is 2. The number of benzene rings is 1. The Morgan fingerprint density at radius 1 is 1.14 bits per heavy atom. The van der Waals surface area contributed by atoms with E-state index < -0.39 is 0 Å². The van der Waals surface area contributed by atoms with Gasteiger partial charge in [0.1, 0.15) is 5.82 Å². The summed E-state index contributed by atoms with van der Waals surface area (Å²) in [5, 5.41) is 11.1. The molecule has 0 unspecified atom stereocenters. The fourth-order valence-electron chi connectivity index (χ4n) is 3.82. The second kappa shape index (κ2) is 8.46. The molecule has 4 rings (SSSR count). The Hall–Kier alpha value is -3.16. The molecule has 0 saturated heterocycles. The lowest BCUT2D eigenvalue weighted by molar-refractivity contribution is 0.0906. The van der Waals surface area contributed by atoms with E-state index in [0.29, 0.717) is 24.5 Å². The second-order valence-electron chi connectivity index (χ2n) is 7.73. The van der Waals surface area contributed by atoms with Gasteiger partial charge in [0.2, 0.25) is 11.7 Å². The maximum absolute atomic E-state index is 12.0. The Morgan fingerprint density at radius 3 is 2.66 bits per heavy atom. The van der Waals surface area contributed by atoms with Gasteiger partial charge < -0.3 is 20.1 Å². The van der Waals surface area contributed by atoms with Crippen molar-refractivity contribution >= 4 is 28.6 Å². The van der Waals surface area contributed by atoms with Crippen molar-refractivity contribution in [2.24, 2.45) is 5.92 Å². The van der Waals surface area contributed by atoms with Crippen LogP contribution in [0.5, 0.6) is 0 Å². The third-order valence-corrected chi connectivity index (χ3v) is 5.40. The monoisotopic (exact) mass is 394 g/mol. The largest absolute Gasteiger partial charge is 0.362 e. The van der Waals surface area contributed by atoms with Crippen molar-refractivity contribution in [3.8, 4) is 0 Å². The van der Waals surface area contributed by atoms with Gasteiger partial charge in [-0.2, -0.15) is 4.98 Å². The Labute approximate surface area is 169 Å². The average molecular weight is 394 g/mol. The van der Waals surface area contributed by atoms with E-state index in [-0.39, 0.29) is 11.7 Å². The molecule has 1 aliphatic rings. The summed E-state index contributed by atoms with van der Waals surface area (Å²) in [6.45, 7) is 0.656. The van der Waals surface area contributed by atoms with Crippen molar-refractivity contribution in [3.63, 3.8) is 0 Å². The Balaban J connectivity index is 1.33. The topological polar surface area (TPSA) is 96.2 Å². The summed E-state index contributed by atoms with van der Waals surface area (Å²) >= 11 is 0. The lowest BCUT2D eigenvalue weighted by Gasteiger charge is -2.29. The van der Waals surface area contributed by atoms with Gasteiger partial charge in [0.25, 0.3) is 5.91 Å². The molecule has 2 aromatic heterocycles. The van der Waals surface area contributed by atoms with Gasteiger partial charge in [0.05, 0.1) is 11.7 Å². The maximum atomic E-state index is 12.0. The molecule has 0 atom stereocenters. The lowest BCUT2D eigenvalue weighted by atomic mass is 9.86. The molecule has 0 aliphatic heterocycles. The average Bonchev–Trinajstić information content (AvgIpc) is 3.27. The number of rotatable bonds is 6. The molecule has 8 nitrogen and oxygen atoms in total. The van der Waals surface area contributed by atoms with E-state index in [2.05, 4.69) is 15.8 Å². The number of para-hydroxylation sites is 1. The van der Waals surface area contributed by atoms with Crippen LogP contribution in [0.4, 0.5) is 11.8 Å². The van der Waals surface area contributed by atoms with Crippen LogP contribution in [0.3, 0.4) is 0 Å². The zero-order valence-corrected chi connectivity index (χ0v) is 16.8. The number of fused-ring (bicyclic) bond motifs is 1. The molecule has 2 N–H and O–H groups in total. The van der Waals surface area contributed by atoms with E-state index in [9.17, 15) is 4.79 Å². The predicted molar refractivity (Wildman–Crippen MR) is 112 cm³/mol. The van der Waals surface area contributed by atoms with Gasteiger partial charge in [-0.15, -0.1) is 0 Å². The number of carbonyl (C=O) groups excluding carboxylic acids is 1. The van der Waals surface area contributed by atoms with E-state index in [0.717, 1.165) is 42.4 Å². The fourth-order valence-corrected chi connectivity index (χ4v) is 3.82. The van der Waals surface area contributed by atoms with Gasteiger partial charge in [-0.3, -0.25) is 4.79 Å². The van der Waals surface area contributed by atoms with Gasteiger partial charge in [-0.05, 0) is 43.7 Å². The number of aromatic nitrogens is 3. The van der Waals surface area contributed by atoms with E-state index >= 15 is 0 Å². The molecule has 0 bridgehead atoms. The molecule has 2 heterocycles. The molecular formula is C21H26N6O2. The van der Waals surface area contributed by atoms with Crippen LogP contribution in [-0.4, -0.2) is 47.7 Å². The standard InChI is InChI=1S/C21H26N6O2/c1-27(2)19-16-5-3-4-6-17(16)25-21(26-19)24-15-9-7-14(8-10-15)13-22-20(28)18-11-12-23-29-18/h3-6,11-12,14-15H,7-10,13H2,1-2H3,(H,22,28)(H,24,25,26)/t14-,15+. The quantitative estimate of drug-likeness (QED) is 0.663. The van der Waals surface area contributed by atoms with E-state index in [4.69, 9.17) is 14.5 Å². The van der Waals surface area contributed by atoms with Crippen LogP contribution in [-0.2, 0) is 0 Å². The van der Waals surface area contributed by atoms with Gasteiger partial charge in [0, 0.05) is 38.1 Å². The molecule has 0 spiro atoms. The van der Waals surface area contributed by atoms with Crippen molar-refractivity contribution in [3.05, 3.63) is 42.3 Å². The Kier molecular flexibility index (Phi) is 5.59. The van der Waals surface area contributed by atoms with Crippen LogP contribution in [0.25, 0.3) is 10.9 Å². The lowest BCUT2D eigenvalue weighted by Crippen LogP contribution is -2.34. The van der Waals surface area contributed by atoms with Crippen LogP contribution in [0.15, 0.2) is 41.1 Å². The second-order valence-corrected chi connectivity index (χ2v) is 7.73. The van der Waals surface area contributed by atoms with Gasteiger partial charge in [-0.1, -0.05) is 17.3 Å². The van der Waals surface area contributed by atoms with Crippen molar-refractivity contribution in [1.29, 1.82) is 0 Å². The zero-order chi connectivity index (χ0) is 20.2. The van der Waals surface area contributed by atoms with Crippen LogP contribution < -0.4 is 15.5 Å². The first-order valence-corrected chi connectivity index (χ1v) is 9.99. The van der Waals surface area contributed by atoms with Crippen molar-refractivity contribution in [1.82, 2.24) is 20.4 Å². The minimum Gasteiger partial charge on any atom is -0.362 e. The van der Waals surface area contributed by atoms with Gasteiger partial charge in [-0.25, -0.2) is 4.98 Å². The number of hydrogen-bond donors (Lipinski definition) is 2. The van der Waals surface area contributed by atoms with E-state index in [1.165, 1.54) is 6.20 Å². The SMILES string of the molecule is CN(C)c1nc(N[C@H]2CC[C@@H](CNC(=O)c3ccno3)CC2)nc2ccccc12. The Bertz CT molecular complexity index is 964. The number of nitrogens with zero attached hydrogens (tertiary/aromatic N) is 4. The molecule has 3 aromatic rings. The number of amides is 1. The minimum atomic E-state index is -0.205. The first-order chi connectivity index (χ1) is 14.1. The minimum absolute atomic E-state index is 0.205. The maximum Gasteiger partial charge on any atom is 0.289 e. The predicted octanol–water partition coefficient (Wildman–Crippen LogP) is 3.08.